The quantitative estimate of drug-likeness (QED) is 0.756. The average Bonchev–Trinajstić information content (AvgIpc) is 2.30. The lowest BCUT2D eigenvalue weighted by Crippen LogP contribution is -1.94. The Kier molecular flexibility index (Phi) is 2.68. The number of rotatable bonds is 3. The van der Waals surface area contributed by atoms with Gasteiger partial charge in [0.1, 0.15) is 11.3 Å². The molecule has 0 N–H and O–H groups in total. The van der Waals surface area contributed by atoms with Gasteiger partial charge in [-0.2, -0.15) is 0 Å². The molecule has 0 saturated carbocycles. The van der Waals surface area contributed by atoms with Gasteiger partial charge in [0.25, 0.3) is 0 Å². The van der Waals surface area contributed by atoms with E-state index in [1.165, 1.54) is 0 Å². The summed E-state index contributed by atoms with van der Waals surface area (Å²) >= 11 is 0. The summed E-state index contributed by atoms with van der Waals surface area (Å²) in [5.74, 6) is 0.832. The molecular formula is C13H13NO. The Hall–Kier alpha value is -1.83. The number of benzene rings is 1. The van der Waals surface area contributed by atoms with Gasteiger partial charge in [0.05, 0.1) is 6.61 Å². The molecule has 2 heteroatoms. The normalized spacial score (nSPS) is 10.2. The third-order valence-corrected chi connectivity index (χ3v) is 2.29. The molecule has 0 fully saturated rings. The second-order valence-corrected chi connectivity index (χ2v) is 3.19. The van der Waals surface area contributed by atoms with Crippen LogP contribution in [0, 0.1) is 0 Å². The third kappa shape index (κ3) is 1.71. The lowest BCUT2D eigenvalue weighted by molar-refractivity contribution is 0.343. The highest BCUT2D eigenvalue weighted by atomic mass is 16.5. The van der Waals surface area contributed by atoms with E-state index in [4.69, 9.17) is 4.74 Å². The van der Waals surface area contributed by atoms with Gasteiger partial charge in [-0.1, -0.05) is 24.8 Å². The van der Waals surface area contributed by atoms with Crippen LogP contribution < -0.4 is 4.74 Å². The molecule has 0 unspecified atom stereocenters. The van der Waals surface area contributed by atoms with Crippen LogP contribution in [0.4, 0.5) is 0 Å². The molecule has 1 aromatic heterocycles. The van der Waals surface area contributed by atoms with Gasteiger partial charge < -0.3 is 4.74 Å². The first kappa shape index (κ1) is 9.71. The largest absolute Gasteiger partial charge is 0.492 e. The highest BCUT2D eigenvalue weighted by Crippen LogP contribution is 2.27. The summed E-state index contributed by atoms with van der Waals surface area (Å²) < 4.78 is 5.52. The zero-order chi connectivity index (χ0) is 10.7. The van der Waals surface area contributed by atoms with Crippen molar-refractivity contribution in [2.45, 2.75) is 6.92 Å². The third-order valence-electron chi connectivity index (χ3n) is 2.29. The Morgan fingerprint density at radius 1 is 1.40 bits per heavy atom. The average molecular weight is 199 g/mol. The van der Waals surface area contributed by atoms with Gasteiger partial charge in [-0.3, -0.25) is 4.98 Å². The van der Waals surface area contributed by atoms with Gasteiger partial charge in [-0.05, 0) is 24.6 Å². The first-order valence-corrected chi connectivity index (χ1v) is 4.99. The summed E-state index contributed by atoms with van der Waals surface area (Å²) in [5.41, 5.74) is 1.98. The summed E-state index contributed by atoms with van der Waals surface area (Å²) in [5, 5.41) is 1.08. The lowest BCUT2D eigenvalue weighted by Gasteiger charge is -2.08. The first-order valence-electron chi connectivity index (χ1n) is 4.99. The molecule has 0 spiro atoms. The molecular weight excluding hydrogens is 186 g/mol. The van der Waals surface area contributed by atoms with Gasteiger partial charge in [-0.15, -0.1) is 0 Å². The minimum Gasteiger partial charge on any atom is -0.492 e. The highest BCUT2D eigenvalue weighted by molar-refractivity contribution is 5.91. The van der Waals surface area contributed by atoms with Crippen molar-refractivity contribution < 1.29 is 4.74 Å². The van der Waals surface area contributed by atoms with Crippen LogP contribution >= 0.6 is 0 Å². The fourth-order valence-corrected chi connectivity index (χ4v) is 1.62. The van der Waals surface area contributed by atoms with Crippen LogP contribution in [0.15, 0.2) is 37.0 Å². The van der Waals surface area contributed by atoms with Gasteiger partial charge in [0.15, 0.2) is 0 Å². The Labute approximate surface area is 89.2 Å². The Balaban J connectivity index is 2.71. The molecule has 1 aromatic carbocycles. The SMILES string of the molecule is C=Cc1ccc(OCC)c2ncccc12. The molecule has 2 nitrogen and oxygen atoms in total. The number of hydrogen-bond donors (Lipinski definition) is 0. The maximum atomic E-state index is 5.52. The molecule has 0 amide bonds. The summed E-state index contributed by atoms with van der Waals surface area (Å²) in [4.78, 5) is 4.34. The molecule has 0 atom stereocenters. The summed E-state index contributed by atoms with van der Waals surface area (Å²) in [6.07, 6.45) is 3.61. The first-order chi connectivity index (χ1) is 7.36. The van der Waals surface area contributed by atoms with Crippen LogP contribution in [-0.2, 0) is 0 Å². The predicted molar refractivity (Wildman–Crippen MR) is 63.0 cm³/mol. The molecule has 0 aliphatic rings. The van der Waals surface area contributed by atoms with Crippen molar-refractivity contribution in [1.82, 2.24) is 4.98 Å². The van der Waals surface area contributed by atoms with E-state index >= 15 is 0 Å². The zero-order valence-electron chi connectivity index (χ0n) is 8.73. The van der Waals surface area contributed by atoms with E-state index in [-0.39, 0.29) is 0 Å². The molecule has 15 heavy (non-hydrogen) atoms. The number of aromatic nitrogens is 1. The van der Waals surface area contributed by atoms with Crippen molar-refractivity contribution in [3.05, 3.63) is 42.6 Å². The van der Waals surface area contributed by atoms with Gasteiger partial charge >= 0.3 is 0 Å². The second-order valence-electron chi connectivity index (χ2n) is 3.19. The molecule has 0 aliphatic heterocycles. The maximum absolute atomic E-state index is 5.52. The van der Waals surface area contributed by atoms with Gasteiger partial charge in [0.2, 0.25) is 0 Å². The molecule has 76 valence electrons. The number of hydrogen-bond acceptors (Lipinski definition) is 2. The Morgan fingerprint density at radius 3 is 3.00 bits per heavy atom. The van der Waals surface area contributed by atoms with E-state index in [0.29, 0.717) is 6.61 Å². The van der Waals surface area contributed by atoms with E-state index in [0.717, 1.165) is 22.2 Å². The molecule has 0 saturated heterocycles. The van der Waals surface area contributed by atoms with Crippen molar-refractivity contribution >= 4 is 17.0 Å². The smallest absolute Gasteiger partial charge is 0.145 e. The van der Waals surface area contributed by atoms with Crippen molar-refractivity contribution in [1.29, 1.82) is 0 Å². The van der Waals surface area contributed by atoms with E-state index < -0.39 is 0 Å². The van der Waals surface area contributed by atoms with Crippen molar-refractivity contribution in [3.63, 3.8) is 0 Å². The number of pyridine rings is 1. The van der Waals surface area contributed by atoms with E-state index in [2.05, 4.69) is 11.6 Å². The molecule has 0 radical (unpaired) electrons. The van der Waals surface area contributed by atoms with Crippen LogP contribution in [0.1, 0.15) is 12.5 Å². The standard InChI is InChI=1S/C13H13NO/c1-3-10-7-8-12(15-4-2)13-11(10)6-5-9-14-13/h3,5-9H,1,4H2,2H3. The Bertz CT molecular complexity index is 491. The predicted octanol–water partition coefficient (Wildman–Crippen LogP) is 3.28. The minimum atomic E-state index is 0.652. The van der Waals surface area contributed by atoms with Gasteiger partial charge in [-0.25, -0.2) is 0 Å². The van der Waals surface area contributed by atoms with Crippen molar-refractivity contribution in [3.8, 4) is 5.75 Å². The second kappa shape index (κ2) is 4.13. The highest BCUT2D eigenvalue weighted by Gasteiger charge is 2.04. The Morgan fingerprint density at radius 2 is 2.27 bits per heavy atom. The van der Waals surface area contributed by atoms with Crippen LogP contribution in [0.3, 0.4) is 0 Å². The maximum Gasteiger partial charge on any atom is 0.145 e. The minimum absolute atomic E-state index is 0.652. The fourth-order valence-electron chi connectivity index (χ4n) is 1.62. The zero-order valence-corrected chi connectivity index (χ0v) is 8.73. The van der Waals surface area contributed by atoms with E-state index in [1.807, 2.05) is 37.3 Å². The van der Waals surface area contributed by atoms with Gasteiger partial charge in [0, 0.05) is 11.6 Å². The van der Waals surface area contributed by atoms with Crippen molar-refractivity contribution in [2.75, 3.05) is 6.61 Å². The summed E-state index contributed by atoms with van der Waals surface area (Å²) in [6.45, 7) is 6.41. The lowest BCUT2D eigenvalue weighted by atomic mass is 10.1. The fraction of sp³-hybridized carbons (Fsp3) is 0.154. The number of ether oxygens (including phenoxy) is 1. The monoisotopic (exact) mass is 199 g/mol. The van der Waals surface area contributed by atoms with E-state index in [9.17, 15) is 0 Å². The van der Waals surface area contributed by atoms with Crippen LogP contribution in [0.25, 0.3) is 17.0 Å². The van der Waals surface area contributed by atoms with Crippen LogP contribution in [0.5, 0.6) is 5.75 Å². The van der Waals surface area contributed by atoms with Crippen molar-refractivity contribution in [2.24, 2.45) is 0 Å². The number of nitrogens with zero attached hydrogens (tertiary/aromatic N) is 1. The topological polar surface area (TPSA) is 22.1 Å². The molecule has 1 heterocycles. The number of fused-ring (bicyclic) bond motifs is 1. The summed E-state index contributed by atoms with van der Waals surface area (Å²) in [6, 6.07) is 7.89. The molecule has 0 aliphatic carbocycles. The van der Waals surface area contributed by atoms with Crippen LogP contribution in [-0.4, -0.2) is 11.6 Å². The molecule has 0 bridgehead atoms. The summed E-state index contributed by atoms with van der Waals surface area (Å²) in [7, 11) is 0. The molecule has 2 rings (SSSR count). The van der Waals surface area contributed by atoms with E-state index in [1.54, 1.807) is 6.20 Å². The van der Waals surface area contributed by atoms with Crippen LogP contribution in [0.2, 0.25) is 0 Å². The molecule has 2 aromatic rings.